The minimum Gasteiger partial charge on any atom is -0.462 e. The summed E-state index contributed by atoms with van der Waals surface area (Å²) in [6.45, 7) is 6.25. The molecule has 6 nitrogen and oxygen atoms in total. The molecule has 0 saturated heterocycles. The monoisotopic (exact) mass is 883 g/mol. The summed E-state index contributed by atoms with van der Waals surface area (Å²) in [5.41, 5.74) is 0. The lowest BCUT2D eigenvalue weighted by Crippen LogP contribution is -2.30. The number of hydrogen-bond donors (Lipinski definition) is 0. The van der Waals surface area contributed by atoms with Crippen LogP contribution in [0.4, 0.5) is 0 Å². The SMILES string of the molecule is CC/C=C\C/C=C\C/C=C\C/C=C\C/C=C\CCCC(=O)OCC(COC(=O)CCCCCCC/C=C\CCCCC)OC(=O)CCC/C=C\C/C=C\C/C=C\C/C=C\C/C=C\CC. The average Bonchev–Trinajstić information content (AvgIpc) is 3.29. The molecule has 0 aromatic heterocycles. The van der Waals surface area contributed by atoms with Crippen molar-refractivity contribution in [2.45, 2.75) is 200 Å². The molecule has 1 atom stereocenters. The van der Waals surface area contributed by atoms with Gasteiger partial charge in [-0.1, -0.05) is 187 Å². The average molecular weight is 883 g/mol. The van der Waals surface area contributed by atoms with Crippen LogP contribution in [0.1, 0.15) is 194 Å². The van der Waals surface area contributed by atoms with E-state index in [1.165, 1.54) is 32.1 Å². The first kappa shape index (κ1) is 59.5. The van der Waals surface area contributed by atoms with Crippen LogP contribution in [0.25, 0.3) is 0 Å². The number of carbonyl (C=O) groups is 3. The summed E-state index contributed by atoms with van der Waals surface area (Å²) >= 11 is 0. The van der Waals surface area contributed by atoms with Gasteiger partial charge in [0.1, 0.15) is 13.2 Å². The van der Waals surface area contributed by atoms with Gasteiger partial charge in [-0.25, -0.2) is 0 Å². The lowest BCUT2D eigenvalue weighted by molar-refractivity contribution is -0.167. The lowest BCUT2D eigenvalue weighted by atomic mass is 10.1. The maximum absolute atomic E-state index is 12.8. The Morgan fingerprint density at radius 2 is 0.625 bits per heavy atom. The van der Waals surface area contributed by atoms with Crippen molar-refractivity contribution in [1.29, 1.82) is 0 Å². The van der Waals surface area contributed by atoms with E-state index in [0.717, 1.165) is 109 Å². The van der Waals surface area contributed by atoms with Crippen molar-refractivity contribution >= 4 is 17.9 Å². The van der Waals surface area contributed by atoms with E-state index >= 15 is 0 Å². The van der Waals surface area contributed by atoms with Crippen LogP contribution in [-0.2, 0) is 28.6 Å². The largest absolute Gasteiger partial charge is 0.462 e. The summed E-state index contributed by atoms with van der Waals surface area (Å²) in [6, 6.07) is 0. The van der Waals surface area contributed by atoms with Gasteiger partial charge in [-0.05, 0) is 122 Å². The first-order valence-electron chi connectivity index (χ1n) is 25.2. The number of allylic oxidation sites excluding steroid dienone is 22. The van der Waals surface area contributed by atoms with E-state index in [-0.39, 0.29) is 38.0 Å². The molecule has 64 heavy (non-hydrogen) atoms. The Morgan fingerprint density at radius 3 is 1.03 bits per heavy atom. The van der Waals surface area contributed by atoms with Crippen LogP contribution in [0.5, 0.6) is 0 Å². The van der Waals surface area contributed by atoms with E-state index in [4.69, 9.17) is 14.2 Å². The van der Waals surface area contributed by atoms with E-state index in [2.05, 4.69) is 154 Å². The van der Waals surface area contributed by atoms with E-state index in [9.17, 15) is 14.4 Å². The van der Waals surface area contributed by atoms with Gasteiger partial charge in [0.05, 0.1) is 0 Å². The van der Waals surface area contributed by atoms with Crippen molar-refractivity contribution in [2.75, 3.05) is 13.2 Å². The third kappa shape index (κ3) is 48.6. The van der Waals surface area contributed by atoms with Gasteiger partial charge in [0.25, 0.3) is 0 Å². The Morgan fingerprint density at radius 1 is 0.328 bits per heavy atom. The van der Waals surface area contributed by atoms with Crippen molar-refractivity contribution in [3.63, 3.8) is 0 Å². The first-order chi connectivity index (χ1) is 31.5. The Bertz CT molecular complexity index is 1430. The van der Waals surface area contributed by atoms with Crippen molar-refractivity contribution in [3.05, 3.63) is 134 Å². The fraction of sp³-hybridized carbons (Fsp3) is 0.569. The molecule has 0 radical (unpaired) electrons. The molecule has 0 saturated carbocycles. The van der Waals surface area contributed by atoms with Crippen LogP contribution in [-0.4, -0.2) is 37.2 Å². The molecule has 0 amide bonds. The molecule has 0 fully saturated rings. The molecule has 0 aromatic rings. The fourth-order valence-electron chi connectivity index (χ4n) is 6.15. The van der Waals surface area contributed by atoms with E-state index in [1.807, 2.05) is 0 Å². The van der Waals surface area contributed by atoms with Gasteiger partial charge in [-0.15, -0.1) is 0 Å². The second-order valence-corrected chi connectivity index (χ2v) is 16.0. The highest BCUT2D eigenvalue weighted by Gasteiger charge is 2.19. The summed E-state index contributed by atoms with van der Waals surface area (Å²) < 4.78 is 16.7. The maximum Gasteiger partial charge on any atom is 0.306 e. The van der Waals surface area contributed by atoms with E-state index < -0.39 is 12.1 Å². The second kappa shape index (κ2) is 51.2. The van der Waals surface area contributed by atoms with E-state index in [1.54, 1.807) is 0 Å². The molecule has 0 aromatic carbocycles. The quantitative estimate of drug-likeness (QED) is 0.0263. The molecular weight excluding hydrogens is 793 g/mol. The van der Waals surface area contributed by atoms with Crippen molar-refractivity contribution in [1.82, 2.24) is 0 Å². The normalized spacial score (nSPS) is 13.2. The van der Waals surface area contributed by atoms with Gasteiger partial charge in [-0.2, -0.15) is 0 Å². The van der Waals surface area contributed by atoms with Gasteiger partial charge in [0, 0.05) is 19.3 Å². The minimum absolute atomic E-state index is 0.128. The van der Waals surface area contributed by atoms with Crippen LogP contribution in [0, 0.1) is 0 Å². The molecular formula is C58H90O6. The second-order valence-electron chi connectivity index (χ2n) is 16.0. The van der Waals surface area contributed by atoms with E-state index in [0.29, 0.717) is 19.3 Å². The van der Waals surface area contributed by atoms with Crippen molar-refractivity contribution < 1.29 is 28.6 Å². The van der Waals surface area contributed by atoms with Gasteiger partial charge in [0.15, 0.2) is 6.10 Å². The number of esters is 3. The molecule has 0 bridgehead atoms. The molecule has 0 aliphatic rings. The van der Waals surface area contributed by atoms with Crippen LogP contribution in [0.15, 0.2) is 134 Å². The first-order valence-corrected chi connectivity index (χ1v) is 25.2. The summed E-state index contributed by atoms with van der Waals surface area (Å²) in [6.07, 6.45) is 71.6. The maximum atomic E-state index is 12.8. The number of unbranched alkanes of at least 4 members (excludes halogenated alkanes) is 10. The van der Waals surface area contributed by atoms with Crippen LogP contribution < -0.4 is 0 Å². The number of hydrogen-bond acceptors (Lipinski definition) is 6. The van der Waals surface area contributed by atoms with Crippen LogP contribution >= 0.6 is 0 Å². The van der Waals surface area contributed by atoms with Gasteiger partial charge < -0.3 is 14.2 Å². The Hall–Kier alpha value is -4.45. The van der Waals surface area contributed by atoms with Crippen molar-refractivity contribution in [2.24, 2.45) is 0 Å². The third-order valence-electron chi connectivity index (χ3n) is 9.87. The zero-order chi connectivity index (χ0) is 46.5. The molecule has 1 unspecified atom stereocenters. The zero-order valence-electron chi connectivity index (χ0n) is 40.7. The Labute approximate surface area is 392 Å². The predicted octanol–water partition coefficient (Wildman–Crippen LogP) is 16.7. The molecule has 6 heteroatoms. The number of rotatable bonds is 43. The summed E-state index contributed by atoms with van der Waals surface area (Å²) in [5.74, 6) is -1.07. The summed E-state index contributed by atoms with van der Waals surface area (Å²) in [4.78, 5) is 37.9. The van der Waals surface area contributed by atoms with Gasteiger partial charge in [0.2, 0.25) is 0 Å². The number of ether oxygens (including phenoxy) is 3. The van der Waals surface area contributed by atoms with Gasteiger partial charge in [-0.3, -0.25) is 14.4 Å². The molecule has 0 N–H and O–H groups in total. The summed E-state index contributed by atoms with van der Waals surface area (Å²) in [5, 5.41) is 0. The Balaban J connectivity index is 4.61. The zero-order valence-corrected chi connectivity index (χ0v) is 40.7. The highest BCUT2D eigenvalue weighted by molar-refractivity contribution is 5.71. The van der Waals surface area contributed by atoms with Crippen molar-refractivity contribution in [3.8, 4) is 0 Å². The molecule has 0 aliphatic carbocycles. The lowest BCUT2D eigenvalue weighted by Gasteiger charge is -2.18. The third-order valence-corrected chi connectivity index (χ3v) is 9.87. The summed E-state index contributed by atoms with van der Waals surface area (Å²) in [7, 11) is 0. The fourth-order valence-corrected chi connectivity index (χ4v) is 6.15. The molecule has 0 heterocycles. The minimum atomic E-state index is -0.838. The molecule has 0 spiro atoms. The highest BCUT2D eigenvalue weighted by Crippen LogP contribution is 2.11. The van der Waals surface area contributed by atoms with Gasteiger partial charge >= 0.3 is 17.9 Å². The number of carbonyl (C=O) groups excluding carboxylic acids is 3. The van der Waals surface area contributed by atoms with Crippen LogP contribution in [0.3, 0.4) is 0 Å². The highest BCUT2D eigenvalue weighted by atomic mass is 16.6. The topological polar surface area (TPSA) is 78.9 Å². The Kier molecular flexibility index (Phi) is 47.6. The smallest absolute Gasteiger partial charge is 0.306 e. The predicted molar refractivity (Wildman–Crippen MR) is 274 cm³/mol. The standard InChI is InChI=1S/C58H90O6/c1-4-7-10-13-16-19-22-25-27-29-31-33-36-39-42-45-48-51-57(60)63-54-55(53-62-56(59)50-47-44-41-38-35-24-21-18-15-12-9-6-3)64-58(61)52-49-46-43-40-37-34-32-30-28-26-23-20-17-14-11-8-5-2/h7-8,10-11,16-21,25-28,31-34,39-40,42-43,55H,4-6,9,12-15,22-24,29-30,35-38,41,44-54H2,1-3H3/b10-7-,11-8-,19-16-,20-17-,21-18-,27-25-,28-26-,33-31-,34-32-,42-39-,43-40-. The molecule has 0 rings (SSSR count). The van der Waals surface area contributed by atoms with Crippen LogP contribution in [0.2, 0.25) is 0 Å². The molecule has 358 valence electrons. The molecule has 0 aliphatic heterocycles.